The molecule has 0 atom stereocenters. The molecule has 0 amide bonds. The lowest BCUT2D eigenvalue weighted by Crippen LogP contribution is -2.08. The van der Waals surface area contributed by atoms with Crippen LogP contribution < -0.4 is 14.8 Å². The number of ether oxygens (including phenoxy) is 2. The minimum Gasteiger partial charge on any atom is -0.493 e. The first-order chi connectivity index (χ1) is 13.3. The van der Waals surface area contributed by atoms with E-state index in [4.69, 9.17) is 9.47 Å². The lowest BCUT2D eigenvalue weighted by Gasteiger charge is -2.11. The highest BCUT2D eigenvalue weighted by Gasteiger charge is 2.32. The van der Waals surface area contributed by atoms with Gasteiger partial charge in [-0.3, -0.25) is 4.98 Å². The zero-order valence-electron chi connectivity index (χ0n) is 14.7. The predicted molar refractivity (Wildman–Crippen MR) is 93.1 cm³/mol. The summed E-state index contributed by atoms with van der Waals surface area (Å²) in [5.74, 6) is 0.0426. The molecule has 0 unspecified atom stereocenters. The first-order valence-corrected chi connectivity index (χ1v) is 7.87. The molecule has 146 valence electrons. The molecule has 2 aromatic heterocycles. The average molecular weight is 394 g/mol. The summed E-state index contributed by atoms with van der Waals surface area (Å²) in [5, 5.41) is 2.62. The fourth-order valence-electron chi connectivity index (χ4n) is 2.41. The van der Waals surface area contributed by atoms with Crippen LogP contribution in [0.25, 0.3) is 11.3 Å². The average Bonchev–Trinajstić information content (AvgIpc) is 2.68. The largest absolute Gasteiger partial charge is 0.493 e. The molecule has 0 radical (unpaired) electrons. The van der Waals surface area contributed by atoms with Gasteiger partial charge in [0.2, 0.25) is 5.95 Å². The number of hydrogen-bond acceptors (Lipinski definition) is 6. The van der Waals surface area contributed by atoms with Gasteiger partial charge >= 0.3 is 6.18 Å². The molecule has 0 aliphatic carbocycles. The Morgan fingerprint density at radius 3 is 2.39 bits per heavy atom. The van der Waals surface area contributed by atoms with Gasteiger partial charge in [-0.05, 0) is 30.3 Å². The molecule has 10 heteroatoms. The van der Waals surface area contributed by atoms with E-state index in [0.29, 0.717) is 17.1 Å². The second-order valence-corrected chi connectivity index (χ2v) is 5.51. The Balaban J connectivity index is 1.95. The summed E-state index contributed by atoms with van der Waals surface area (Å²) >= 11 is 0. The number of aromatic nitrogens is 3. The molecule has 6 nitrogen and oxygen atoms in total. The van der Waals surface area contributed by atoms with Gasteiger partial charge in [-0.15, -0.1) is 0 Å². The summed E-state index contributed by atoms with van der Waals surface area (Å²) in [6.07, 6.45) is -2.66. The molecule has 2 heterocycles. The summed E-state index contributed by atoms with van der Waals surface area (Å²) in [7, 11) is 2.90. The van der Waals surface area contributed by atoms with Crippen LogP contribution in [-0.4, -0.2) is 29.2 Å². The van der Waals surface area contributed by atoms with Gasteiger partial charge in [-0.2, -0.15) is 13.2 Å². The molecule has 0 aliphatic heterocycles. The van der Waals surface area contributed by atoms with Crippen molar-refractivity contribution in [3.05, 3.63) is 54.2 Å². The molecule has 0 aliphatic rings. The standard InChI is InChI=1S/C18H14F4N4O2/c1-27-13-4-3-10(7-14(13)28-2)16-12(19)9-24-17(26-16)25-11-5-6-23-15(8-11)18(20,21)22/h3-9H,1-2H3,(H,23,24,25,26). The van der Waals surface area contributed by atoms with Gasteiger partial charge in [0.25, 0.3) is 0 Å². The van der Waals surface area contributed by atoms with Crippen molar-refractivity contribution >= 4 is 11.6 Å². The third kappa shape index (κ3) is 4.11. The van der Waals surface area contributed by atoms with E-state index in [0.717, 1.165) is 18.5 Å². The lowest BCUT2D eigenvalue weighted by atomic mass is 10.1. The van der Waals surface area contributed by atoms with Crippen LogP contribution in [-0.2, 0) is 6.18 Å². The molecule has 3 rings (SSSR count). The highest BCUT2D eigenvalue weighted by Crippen LogP contribution is 2.33. The van der Waals surface area contributed by atoms with E-state index < -0.39 is 17.7 Å². The van der Waals surface area contributed by atoms with Gasteiger partial charge in [-0.25, -0.2) is 14.4 Å². The maximum absolute atomic E-state index is 14.2. The van der Waals surface area contributed by atoms with Crippen LogP contribution >= 0.6 is 0 Å². The summed E-state index contributed by atoms with van der Waals surface area (Å²) < 4.78 is 62.9. The van der Waals surface area contributed by atoms with E-state index in [1.165, 1.54) is 26.4 Å². The van der Waals surface area contributed by atoms with E-state index in [1.807, 2.05) is 0 Å². The van der Waals surface area contributed by atoms with Gasteiger partial charge in [-0.1, -0.05) is 0 Å². The van der Waals surface area contributed by atoms with E-state index >= 15 is 0 Å². The fourth-order valence-corrected chi connectivity index (χ4v) is 2.41. The molecule has 28 heavy (non-hydrogen) atoms. The molecule has 0 saturated carbocycles. The van der Waals surface area contributed by atoms with Crippen LogP contribution in [0.4, 0.5) is 29.2 Å². The SMILES string of the molecule is COc1ccc(-c2nc(Nc3ccnc(C(F)(F)F)c3)ncc2F)cc1OC. The monoisotopic (exact) mass is 394 g/mol. The highest BCUT2D eigenvalue weighted by molar-refractivity contribution is 5.66. The molecule has 0 bridgehead atoms. The fraction of sp³-hybridized carbons (Fsp3) is 0.167. The normalized spacial score (nSPS) is 11.2. The number of rotatable bonds is 5. The van der Waals surface area contributed by atoms with Crippen molar-refractivity contribution in [2.24, 2.45) is 0 Å². The van der Waals surface area contributed by atoms with Crippen LogP contribution in [0.3, 0.4) is 0 Å². The molecule has 1 aromatic carbocycles. The van der Waals surface area contributed by atoms with E-state index in [1.54, 1.807) is 12.1 Å². The number of methoxy groups -OCH3 is 2. The van der Waals surface area contributed by atoms with Gasteiger partial charge < -0.3 is 14.8 Å². The van der Waals surface area contributed by atoms with Crippen molar-refractivity contribution in [2.45, 2.75) is 6.18 Å². The zero-order valence-corrected chi connectivity index (χ0v) is 14.7. The topological polar surface area (TPSA) is 69.2 Å². The van der Waals surface area contributed by atoms with Crippen molar-refractivity contribution in [1.29, 1.82) is 0 Å². The molecule has 0 saturated heterocycles. The van der Waals surface area contributed by atoms with Crippen LogP contribution in [0.15, 0.2) is 42.7 Å². The Kier molecular flexibility index (Phi) is 5.30. The Bertz CT molecular complexity index is 996. The second kappa shape index (κ2) is 7.67. The Morgan fingerprint density at radius 2 is 1.71 bits per heavy atom. The van der Waals surface area contributed by atoms with Crippen LogP contribution in [0, 0.1) is 5.82 Å². The quantitative estimate of drug-likeness (QED) is 0.645. The van der Waals surface area contributed by atoms with Gasteiger partial charge in [0.15, 0.2) is 17.3 Å². The number of nitrogens with one attached hydrogen (secondary N) is 1. The zero-order chi connectivity index (χ0) is 20.3. The third-order valence-corrected chi connectivity index (χ3v) is 3.71. The van der Waals surface area contributed by atoms with Crippen molar-refractivity contribution in [1.82, 2.24) is 15.0 Å². The molecule has 3 aromatic rings. The maximum Gasteiger partial charge on any atom is 0.433 e. The number of hydrogen-bond donors (Lipinski definition) is 1. The number of benzene rings is 1. The van der Waals surface area contributed by atoms with E-state index in [9.17, 15) is 17.6 Å². The smallest absolute Gasteiger partial charge is 0.433 e. The molecular weight excluding hydrogens is 380 g/mol. The first-order valence-electron chi connectivity index (χ1n) is 7.87. The van der Waals surface area contributed by atoms with Gasteiger partial charge in [0.1, 0.15) is 11.4 Å². The molecular formula is C18H14F4N4O2. The summed E-state index contributed by atoms with van der Waals surface area (Å²) in [6, 6.07) is 6.81. The Hall–Kier alpha value is -3.43. The number of nitrogens with zero attached hydrogens (tertiary/aromatic N) is 3. The Labute approximate surface area is 157 Å². The number of halogens is 4. The molecule has 0 fully saturated rings. The second-order valence-electron chi connectivity index (χ2n) is 5.51. The van der Waals surface area contributed by atoms with Crippen LogP contribution in [0.2, 0.25) is 0 Å². The maximum atomic E-state index is 14.2. The molecule has 0 spiro atoms. The van der Waals surface area contributed by atoms with E-state index in [2.05, 4.69) is 20.3 Å². The number of pyridine rings is 1. The third-order valence-electron chi connectivity index (χ3n) is 3.71. The minimum atomic E-state index is -4.59. The summed E-state index contributed by atoms with van der Waals surface area (Å²) in [5.41, 5.74) is -0.679. The minimum absolute atomic E-state index is 0.0523. The summed E-state index contributed by atoms with van der Waals surface area (Å²) in [4.78, 5) is 11.1. The van der Waals surface area contributed by atoms with E-state index in [-0.39, 0.29) is 17.3 Å². The molecule has 1 N–H and O–H groups in total. The van der Waals surface area contributed by atoms with Crippen LogP contribution in [0.1, 0.15) is 5.69 Å². The number of alkyl halides is 3. The van der Waals surface area contributed by atoms with Gasteiger partial charge in [0.05, 0.1) is 20.4 Å². The Morgan fingerprint density at radius 1 is 0.964 bits per heavy atom. The van der Waals surface area contributed by atoms with Crippen molar-refractivity contribution in [3.63, 3.8) is 0 Å². The predicted octanol–water partition coefficient (Wildman–Crippen LogP) is 4.46. The van der Waals surface area contributed by atoms with Crippen LogP contribution in [0.5, 0.6) is 11.5 Å². The number of anilines is 2. The van der Waals surface area contributed by atoms with Crippen molar-refractivity contribution < 1.29 is 27.0 Å². The van der Waals surface area contributed by atoms with Gasteiger partial charge in [0, 0.05) is 17.4 Å². The first kappa shape index (κ1) is 19.3. The highest BCUT2D eigenvalue weighted by atomic mass is 19.4. The summed E-state index contributed by atoms with van der Waals surface area (Å²) in [6.45, 7) is 0. The lowest BCUT2D eigenvalue weighted by molar-refractivity contribution is -0.141. The van der Waals surface area contributed by atoms with Crippen molar-refractivity contribution in [2.75, 3.05) is 19.5 Å². The van der Waals surface area contributed by atoms with Crippen molar-refractivity contribution in [3.8, 4) is 22.8 Å².